The molecule has 4 N–H and O–H groups in total. The molecule has 0 saturated carbocycles. The van der Waals surface area contributed by atoms with Gasteiger partial charge in [0.2, 0.25) is 0 Å². The molecule has 0 saturated heterocycles. The lowest BCUT2D eigenvalue weighted by Gasteiger charge is -2.15. The number of hydrogen-bond donors (Lipinski definition) is 2. The number of para-hydroxylation sites is 2. The third-order valence-electron chi connectivity index (χ3n) is 3.54. The van der Waals surface area contributed by atoms with Crippen molar-refractivity contribution in [3.63, 3.8) is 0 Å². The fourth-order valence-corrected chi connectivity index (χ4v) is 2.46. The average molecular weight is 284 g/mol. The molecule has 2 aromatic rings. The zero-order valence-corrected chi connectivity index (χ0v) is 11.4. The first kappa shape index (κ1) is 13.3. The second-order valence-corrected chi connectivity index (χ2v) is 4.94. The van der Waals surface area contributed by atoms with Crippen LogP contribution >= 0.6 is 0 Å². The first-order chi connectivity index (χ1) is 10.2. The highest BCUT2D eigenvalue weighted by Crippen LogP contribution is 2.35. The molecule has 1 aliphatic heterocycles. The van der Waals surface area contributed by atoms with Gasteiger partial charge in [0.05, 0.1) is 30.4 Å². The number of ether oxygens (including phenoxy) is 2. The van der Waals surface area contributed by atoms with Gasteiger partial charge in [0.25, 0.3) is 5.91 Å². The molecular formula is C16H16N2O3. The third kappa shape index (κ3) is 2.50. The zero-order chi connectivity index (χ0) is 14.8. The molecule has 0 aliphatic carbocycles. The van der Waals surface area contributed by atoms with E-state index in [1.165, 1.54) is 0 Å². The quantitative estimate of drug-likeness (QED) is 0.840. The van der Waals surface area contributed by atoms with E-state index in [-0.39, 0.29) is 5.92 Å². The first-order valence-corrected chi connectivity index (χ1v) is 6.69. The predicted molar refractivity (Wildman–Crippen MR) is 79.5 cm³/mol. The number of primary amides is 1. The van der Waals surface area contributed by atoms with Gasteiger partial charge in [0.15, 0.2) is 5.75 Å². The molecule has 0 bridgehead atoms. The predicted octanol–water partition coefficient (Wildman–Crippen LogP) is 1.92. The van der Waals surface area contributed by atoms with Gasteiger partial charge in [0, 0.05) is 5.56 Å². The van der Waals surface area contributed by atoms with Crippen LogP contribution in [-0.2, 0) is 0 Å². The minimum Gasteiger partial charge on any atom is -0.493 e. The van der Waals surface area contributed by atoms with E-state index in [4.69, 9.17) is 20.9 Å². The lowest BCUT2D eigenvalue weighted by molar-refractivity contribution is 0.0996. The van der Waals surface area contributed by atoms with Crippen LogP contribution < -0.4 is 20.9 Å². The van der Waals surface area contributed by atoms with E-state index in [9.17, 15) is 4.79 Å². The maximum absolute atomic E-state index is 11.4. The molecule has 0 aromatic heterocycles. The number of fused-ring (bicyclic) bond motifs is 1. The Morgan fingerprint density at radius 2 is 2.05 bits per heavy atom. The van der Waals surface area contributed by atoms with Gasteiger partial charge < -0.3 is 20.9 Å². The zero-order valence-electron chi connectivity index (χ0n) is 11.4. The molecule has 1 heterocycles. The van der Waals surface area contributed by atoms with Crippen molar-refractivity contribution in [2.75, 3.05) is 18.9 Å². The molecule has 1 amide bonds. The third-order valence-corrected chi connectivity index (χ3v) is 3.54. The maximum atomic E-state index is 11.4. The molecule has 108 valence electrons. The lowest BCUT2D eigenvalue weighted by Crippen LogP contribution is -2.17. The number of nitrogen functional groups attached to an aromatic ring is 1. The van der Waals surface area contributed by atoms with Crippen molar-refractivity contribution in [3.05, 3.63) is 53.6 Å². The lowest BCUT2D eigenvalue weighted by atomic mass is 10.0. The second kappa shape index (κ2) is 5.36. The van der Waals surface area contributed by atoms with Crippen LogP contribution in [0, 0.1) is 0 Å². The van der Waals surface area contributed by atoms with E-state index >= 15 is 0 Å². The number of amides is 1. The van der Waals surface area contributed by atoms with Gasteiger partial charge >= 0.3 is 0 Å². The summed E-state index contributed by atoms with van der Waals surface area (Å²) in [5, 5.41) is 0. The van der Waals surface area contributed by atoms with E-state index in [1.54, 1.807) is 18.2 Å². The minimum absolute atomic E-state index is 0.113. The standard InChI is InChI=1S/C16H16N2O3/c17-13-6-3-5-12(16(18)19)15(13)21-9-10-8-20-14-7-2-1-4-11(10)14/h1-7,10H,8-9,17H2,(H2,18,19). The van der Waals surface area contributed by atoms with Crippen molar-refractivity contribution in [1.29, 1.82) is 0 Å². The Labute approximate surface area is 122 Å². The average Bonchev–Trinajstić information content (AvgIpc) is 2.89. The molecule has 1 unspecified atom stereocenters. The van der Waals surface area contributed by atoms with Crippen molar-refractivity contribution in [3.8, 4) is 11.5 Å². The maximum Gasteiger partial charge on any atom is 0.252 e. The Balaban J connectivity index is 1.79. The van der Waals surface area contributed by atoms with E-state index in [2.05, 4.69) is 0 Å². The summed E-state index contributed by atoms with van der Waals surface area (Å²) in [6.45, 7) is 0.934. The molecule has 3 rings (SSSR count). The Kier molecular flexibility index (Phi) is 3.39. The van der Waals surface area contributed by atoms with Crippen LogP contribution in [-0.4, -0.2) is 19.1 Å². The molecule has 0 spiro atoms. The van der Waals surface area contributed by atoms with E-state index in [0.29, 0.717) is 30.2 Å². The van der Waals surface area contributed by atoms with Crippen molar-refractivity contribution in [2.24, 2.45) is 5.73 Å². The second-order valence-electron chi connectivity index (χ2n) is 4.94. The molecule has 1 atom stereocenters. The number of anilines is 1. The number of carbonyl (C=O) groups is 1. The van der Waals surface area contributed by atoms with E-state index in [1.807, 2.05) is 24.3 Å². The van der Waals surface area contributed by atoms with Gasteiger partial charge in [-0.1, -0.05) is 24.3 Å². The molecule has 2 aromatic carbocycles. The van der Waals surface area contributed by atoms with Crippen molar-refractivity contribution < 1.29 is 14.3 Å². The number of benzene rings is 2. The van der Waals surface area contributed by atoms with Gasteiger partial charge in [-0.05, 0) is 18.2 Å². The fraction of sp³-hybridized carbons (Fsp3) is 0.188. The Morgan fingerprint density at radius 1 is 1.24 bits per heavy atom. The van der Waals surface area contributed by atoms with Crippen LogP contribution in [0.5, 0.6) is 11.5 Å². The van der Waals surface area contributed by atoms with Crippen molar-refractivity contribution in [2.45, 2.75) is 5.92 Å². The molecule has 21 heavy (non-hydrogen) atoms. The van der Waals surface area contributed by atoms with E-state index in [0.717, 1.165) is 11.3 Å². The first-order valence-electron chi connectivity index (χ1n) is 6.69. The monoisotopic (exact) mass is 284 g/mol. The Bertz CT molecular complexity index is 685. The topological polar surface area (TPSA) is 87.6 Å². The molecule has 0 radical (unpaired) electrons. The van der Waals surface area contributed by atoms with E-state index < -0.39 is 5.91 Å². The van der Waals surface area contributed by atoms with Crippen LogP contribution in [0.15, 0.2) is 42.5 Å². The number of nitrogens with two attached hydrogens (primary N) is 2. The van der Waals surface area contributed by atoms with Gasteiger partial charge in [0.1, 0.15) is 5.75 Å². The summed E-state index contributed by atoms with van der Waals surface area (Å²) in [6, 6.07) is 12.8. The van der Waals surface area contributed by atoms with Crippen LogP contribution in [0.4, 0.5) is 5.69 Å². The van der Waals surface area contributed by atoms with Gasteiger partial charge in [-0.2, -0.15) is 0 Å². The molecule has 5 nitrogen and oxygen atoms in total. The highest BCUT2D eigenvalue weighted by atomic mass is 16.5. The largest absolute Gasteiger partial charge is 0.493 e. The summed E-state index contributed by atoms with van der Waals surface area (Å²) in [6.07, 6.45) is 0. The number of hydrogen-bond acceptors (Lipinski definition) is 4. The van der Waals surface area contributed by atoms with Crippen LogP contribution in [0.3, 0.4) is 0 Å². The molecule has 5 heteroatoms. The summed E-state index contributed by atoms with van der Waals surface area (Å²) >= 11 is 0. The smallest absolute Gasteiger partial charge is 0.252 e. The molecular weight excluding hydrogens is 268 g/mol. The van der Waals surface area contributed by atoms with Crippen LogP contribution in [0.2, 0.25) is 0 Å². The van der Waals surface area contributed by atoms with Crippen molar-refractivity contribution >= 4 is 11.6 Å². The van der Waals surface area contributed by atoms with Crippen LogP contribution in [0.25, 0.3) is 0 Å². The van der Waals surface area contributed by atoms with Crippen molar-refractivity contribution in [1.82, 2.24) is 0 Å². The summed E-state index contributed by atoms with van der Waals surface area (Å²) in [4.78, 5) is 11.4. The normalized spacial score (nSPS) is 16.1. The van der Waals surface area contributed by atoms with Gasteiger partial charge in [-0.25, -0.2) is 0 Å². The highest BCUT2D eigenvalue weighted by Gasteiger charge is 2.25. The van der Waals surface area contributed by atoms with Gasteiger partial charge in [-0.3, -0.25) is 4.79 Å². The summed E-state index contributed by atoms with van der Waals surface area (Å²) < 4.78 is 11.4. The Hall–Kier alpha value is -2.69. The molecule has 1 aliphatic rings. The highest BCUT2D eigenvalue weighted by molar-refractivity contribution is 5.97. The minimum atomic E-state index is -0.555. The van der Waals surface area contributed by atoms with Gasteiger partial charge in [-0.15, -0.1) is 0 Å². The summed E-state index contributed by atoms with van der Waals surface area (Å²) in [7, 11) is 0. The number of carbonyl (C=O) groups excluding carboxylic acids is 1. The fourth-order valence-electron chi connectivity index (χ4n) is 2.46. The van der Waals surface area contributed by atoms with Crippen LogP contribution in [0.1, 0.15) is 21.8 Å². The Morgan fingerprint density at radius 3 is 2.86 bits per heavy atom. The number of rotatable bonds is 4. The molecule has 0 fully saturated rings. The summed E-state index contributed by atoms with van der Waals surface area (Å²) in [5.41, 5.74) is 13.0. The summed E-state index contributed by atoms with van der Waals surface area (Å²) in [5.74, 6) is 0.776. The SMILES string of the molecule is NC(=O)c1cccc(N)c1OCC1COc2ccccc21.